The minimum Gasteiger partial charge on any atom is -0.373 e. The van der Waals surface area contributed by atoms with Crippen LogP contribution in [0, 0.1) is 6.20 Å². The zero-order valence-electron chi connectivity index (χ0n) is 15.9. The van der Waals surface area contributed by atoms with E-state index in [-0.39, 0.29) is 23.5 Å². The van der Waals surface area contributed by atoms with Crippen LogP contribution in [0.5, 0.6) is 0 Å². The van der Waals surface area contributed by atoms with Gasteiger partial charge in [0.25, 0.3) is 0 Å². The number of hydrogen-bond donors (Lipinski definition) is 0. The number of rotatable bonds is 3. The largest absolute Gasteiger partial charge is 0.418 e. The lowest BCUT2D eigenvalue weighted by Gasteiger charge is -2.34. The number of ether oxygens (including phenoxy) is 1. The first-order valence-corrected chi connectivity index (χ1v) is 9.24. The van der Waals surface area contributed by atoms with E-state index in [0.29, 0.717) is 23.4 Å². The number of fused-ring (bicyclic) bond motifs is 1. The molecule has 1 aliphatic rings. The molecule has 2 unspecified atom stereocenters. The molecule has 29 heavy (non-hydrogen) atoms. The van der Waals surface area contributed by atoms with Crippen molar-refractivity contribution in [2.24, 2.45) is 0 Å². The normalized spacial score (nSPS) is 20.9. The summed E-state index contributed by atoms with van der Waals surface area (Å²) in [5.41, 5.74) is 0.0875. The quantitative estimate of drug-likeness (QED) is 0.668. The summed E-state index contributed by atoms with van der Waals surface area (Å²) in [6, 6.07) is 3.82. The fourth-order valence-electron chi connectivity index (χ4n) is 3.58. The van der Waals surface area contributed by atoms with Gasteiger partial charge in [-0.3, -0.25) is 14.9 Å². The average Bonchev–Trinajstić information content (AvgIpc) is 2.66. The second-order valence-corrected chi connectivity index (χ2v) is 7.19. The standard InChI is InChI=1S/C20H19F3N5O/c1-12-9-28(10-13(2)29-12)11-18-26-8-17-16(27-18)6-14(7-25-17)19-15(20(21,22)23)4-3-5-24-19/h3-7,12-13H,9-11H2,1-2H3. The third-order valence-corrected chi connectivity index (χ3v) is 4.65. The van der Waals surface area contributed by atoms with Crippen LogP contribution < -0.4 is 0 Å². The predicted molar refractivity (Wildman–Crippen MR) is 99.7 cm³/mol. The summed E-state index contributed by atoms with van der Waals surface area (Å²) in [6.07, 6.45) is 1.21. The molecule has 0 saturated carbocycles. The van der Waals surface area contributed by atoms with Crippen LogP contribution in [0.1, 0.15) is 25.2 Å². The van der Waals surface area contributed by atoms with Crippen molar-refractivity contribution >= 4 is 11.0 Å². The van der Waals surface area contributed by atoms with Gasteiger partial charge < -0.3 is 4.74 Å². The van der Waals surface area contributed by atoms with E-state index < -0.39 is 11.7 Å². The molecule has 6 nitrogen and oxygen atoms in total. The number of pyridine rings is 2. The molecule has 9 heteroatoms. The number of nitrogens with zero attached hydrogens (tertiary/aromatic N) is 5. The highest BCUT2D eigenvalue weighted by Gasteiger charge is 2.34. The third kappa shape index (κ3) is 4.35. The molecule has 1 radical (unpaired) electrons. The van der Waals surface area contributed by atoms with Gasteiger partial charge in [0.15, 0.2) is 0 Å². The molecule has 3 aromatic heterocycles. The Morgan fingerprint density at radius 3 is 2.69 bits per heavy atom. The molecule has 0 aromatic carbocycles. The van der Waals surface area contributed by atoms with Gasteiger partial charge in [-0.05, 0) is 32.0 Å². The van der Waals surface area contributed by atoms with Gasteiger partial charge in [0.1, 0.15) is 17.5 Å². The van der Waals surface area contributed by atoms with Crippen molar-refractivity contribution in [3.8, 4) is 11.3 Å². The van der Waals surface area contributed by atoms with Crippen LogP contribution in [0.2, 0.25) is 0 Å². The highest BCUT2D eigenvalue weighted by Crippen LogP contribution is 2.35. The lowest BCUT2D eigenvalue weighted by Crippen LogP contribution is -2.45. The third-order valence-electron chi connectivity index (χ3n) is 4.65. The molecule has 4 heterocycles. The van der Waals surface area contributed by atoms with Crippen LogP contribution in [-0.4, -0.2) is 50.1 Å². The van der Waals surface area contributed by atoms with E-state index in [4.69, 9.17) is 4.74 Å². The van der Waals surface area contributed by atoms with Crippen LogP contribution in [0.4, 0.5) is 13.2 Å². The molecular formula is C20H19F3N5O. The Morgan fingerprint density at radius 1 is 1.21 bits per heavy atom. The van der Waals surface area contributed by atoms with Crippen molar-refractivity contribution in [3.63, 3.8) is 0 Å². The molecule has 151 valence electrons. The molecule has 4 rings (SSSR count). The van der Waals surface area contributed by atoms with E-state index in [0.717, 1.165) is 19.2 Å². The summed E-state index contributed by atoms with van der Waals surface area (Å²) < 4.78 is 45.7. The van der Waals surface area contributed by atoms with Gasteiger partial charge in [-0.2, -0.15) is 13.2 Å². The van der Waals surface area contributed by atoms with Crippen molar-refractivity contribution in [1.29, 1.82) is 0 Å². The molecule has 3 aromatic rings. The number of alkyl halides is 3. The Labute approximate surface area is 165 Å². The lowest BCUT2D eigenvalue weighted by molar-refractivity contribution is -0.137. The van der Waals surface area contributed by atoms with E-state index in [9.17, 15) is 13.2 Å². The molecule has 1 fully saturated rings. The van der Waals surface area contributed by atoms with E-state index in [1.807, 2.05) is 13.8 Å². The molecule has 2 atom stereocenters. The second kappa shape index (κ2) is 7.64. The molecule has 0 bridgehead atoms. The van der Waals surface area contributed by atoms with Crippen LogP contribution in [0.25, 0.3) is 22.3 Å². The molecule has 0 amide bonds. The molecule has 0 spiro atoms. The molecule has 0 aliphatic carbocycles. The van der Waals surface area contributed by atoms with Crippen LogP contribution in [-0.2, 0) is 17.5 Å². The van der Waals surface area contributed by atoms with Gasteiger partial charge in [0, 0.05) is 31.0 Å². The summed E-state index contributed by atoms with van der Waals surface area (Å²) in [5.74, 6) is 0.537. The molecule has 0 N–H and O–H groups in total. The Morgan fingerprint density at radius 2 is 1.97 bits per heavy atom. The van der Waals surface area contributed by atoms with Crippen LogP contribution >= 0.6 is 0 Å². The van der Waals surface area contributed by atoms with Crippen LogP contribution in [0.3, 0.4) is 0 Å². The van der Waals surface area contributed by atoms with Gasteiger partial charge in [-0.1, -0.05) is 0 Å². The van der Waals surface area contributed by atoms with Gasteiger partial charge in [0.2, 0.25) is 0 Å². The zero-order valence-corrected chi connectivity index (χ0v) is 15.9. The molecule has 1 aliphatic heterocycles. The highest BCUT2D eigenvalue weighted by atomic mass is 19.4. The minimum atomic E-state index is -4.51. The zero-order chi connectivity index (χ0) is 20.6. The Hall–Kier alpha value is -2.65. The van der Waals surface area contributed by atoms with E-state index >= 15 is 0 Å². The predicted octanol–water partition coefficient (Wildman–Crippen LogP) is 3.51. The fourth-order valence-corrected chi connectivity index (χ4v) is 3.58. The van der Waals surface area contributed by atoms with E-state index in [1.54, 1.807) is 6.07 Å². The first-order valence-electron chi connectivity index (χ1n) is 9.24. The number of hydrogen-bond acceptors (Lipinski definition) is 6. The van der Waals surface area contributed by atoms with Gasteiger partial charge in [-0.15, -0.1) is 0 Å². The highest BCUT2D eigenvalue weighted by molar-refractivity contribution is 5.79. The van der Waals surface area contributed by atoms with Gasteiger partial charge in [0.05, 0.1) is 35.5 Å². The van der Waals surface area contributed by atoms with Gasteiger partial charge in [-0.25, -0.2) is 9.97 Å². The Balaban J connectivity index is 1.66. The van der Waals surface area contributed by atoms with Crippen molar-refractivity contribution in [2.75, 3.05) is 13.1 Å². The summed E-state index contributed by atoms with van der Waals surface area (Å²) in [4.78, 5) is 19.0. The lowest BCUT2D eigenvalue weighted by atomic mass is 10.1. The van der Waals surface area contributed by atoms with E-state index in [1.165, 1.54) is 18.5 Å². The first kappa shape index (κ1) is 19.7. The molecule has 1 saturated heterocycles. The monoisotopic (exact) mass is 402 g/mol. The van der Waals surface area contributed by atoms with E-state index in [2.05, 4.69) is 31.0 Å². The Kier molecular flexibility index (Phi) is 5.18. The van der Waals surface area contributed by atoms with Crippen molar-refractivity contribution in [1.82, 2.24) is 24.8 Å². The summed E-state index contributed by atoms with van der Waals surface area (Å²) in [7, 11) is 0. The maximum atomic E-state index is 13.3. The topological polar surface area (TPSA) is 64.0 Å². The van der Waals surface area contributed by atoms with Crippen molar-refractivity contribution < 1.29 is 17.9 Å². The summed E-state index contributed by atoms with van der Waals surface area (Å²) in [5, 5.41) is 0. The van der Waals surface area contributed by atoms with Crippen LogP contribution in [0.15, 0.2) is 30.6 Å². The number of halogens is 3. The summed E-state index contributed by atoms with van der Waals surface area (Å²) in [6.45, 7) is 6.04. The maximum absolute atomic E-state index is 13.3. The number of morpholine rings is 1. The second-order valence-electron chi connectivity index (χ2n) is 7.19. The number of aromatic nitrogens is 4. The molecular weight excluding hydrogens is 383 g/mol. The maximum Gasteiger partial charge on any atom is 0.418 e. The first-order chi connectivity index (χ1) is 13.8. The Bertz CT molecular complexity index is 1020. The summed E-state index contributed by atoms with van der Waals surface area (Å²) >= 11 is 0. The minimum absolute atomic E-state index is 0.112. The van der Waals surface area contributed by atoms with Crippen molar-refractivity contribution in [3.05, 3.63) is 48.2 Å². The smallest absolute Gasteiger partial charge is 0.373 e. The fraction of sp³-hybridized carbons (Fsp3) is 0.400. The average molecular weight is 402 g/mol. The SMILES string of the molecule is CC1CN(Cc2n[c]c3ncc(-c4ncccc4C(F)(F)F)cc3n2)CC(C)O1. The van der Waals surface area contributed by atoms with Gasteiger partial charge >= 0.3 is 6.18 Å². The van der Waals surface area contributed by atoms with Crippen molar-refractivity contribution in [2.45, 2.75) is 38.8 Å².